The van der Waals surface area contributed by atoms with Crippen LogP contribution in [0.25, 0.3) is 0 Å². The molecule has 0 atom stereocenters. The number of rotatable bonds is 4. The Morgan fingerprint density at radius 1 is 1.14 bits per heavy atom. The quantitative estimate of drug-likeness (QED) is 0.773. The number of benzene rings is 2. The van der Waals surface area contributed by atoms with Crippen molar-refractivity contribution in [1.29, 1.82) is 0 Å². The van der Waals surface area contributed by atoms with Gasteiger partial charge in [-0.15, -0.1) is 0 Å². The molecular formula is C16H15Br2NO2. The number of hydrogen-bond acceptors (Lipinski definition) is 2. The molecule has 0 aliphatic rings. The van der Waals surface area contributed by atoms with E-state index in [0.717, 1.165) is 25.8 Å². The topological polar surface area (TPSA) is 38.3 Å². The average molecular weight is 413 g/mol. The molecule has 1 amide bonds. The van der Waals surface area contributed by atoms with Gasteiger partial charge in [-0.2, -0.15) is 0 Å². The van der Waals surface area contributed by atoms with Crippen molar-refractivity contribution >= 4 is 43.5 Å². The summed E-state index contributed by atoms with van der Waals surface area (Å²) in [5, 5.41) is 2.95. The maximum Gasteiger partial charge on any atom is 0.255 e. The number of amides is 1. The van der Waals surface area contributed by atoms with E-state index in [1.165, 1.54) is 0 Å². The molecule has 110 valence electrons. The SMILES string of the molecule is COCc1c(Br)cccc1NC(=O)c1cccc(Br)c1C. The number of hydrogen-bond donors (Lipinski definition) is 1. The van der Waals surface area contributed by atoms with E-state index in [1.54, 1.807) is 7.11 Å². The number of carbonyl (C=O) groups is 1. The lowest BCUT2D eigenvalue weighted by Gasteiger charge is -2.13. The Morgan fingerprint density at radius 3 is 2.52 bits per heavy atom. The van der Waals surface area contributed by atoms with Gasteiger partial charge in [0.05, 0.1) is 6.61 Å². The first kappa shape index (κ1) is 16.2. The smallest absolute Gasteiger partial charge is 0.255 e. The highest BCUT2D eigenvalue weighted by Crippen LogP contribution is 2.27. The van der Waals surface area contributed by atoms with Crippen LogP contribution in [0.4, 0.5) is 5.69 Å². The highest BCUT2D eigenvalue weighted by Gasteiger charge is 2.14. The van der Waals surface area contributed by atoms with Crippen LogP contribution in [0.5, 0.6) is 0 Å². The van der Waals surface area contributed by atoms with E-state index in [-0.39, 0.29) is 5.91 Å². The molecule has 1 N–H and O–H groups in total. The van der Waals surface area contributed by atoms with Gasteiger partial charge in [-0.25, -0.2) is 0 Å². The van der Waals surface area contributed by atoms with Crippen molar-refractivity contribution in [1.82, 2.24) is 0 Å². The van der Waals surface area contributed by atoms with E-state index in [4.69, 9.17) is 4.74 Å². The van der Waals surface area contributed by atoms with E-state index >= 15 is 0 Å². The first-order valence-corrected chi connectivity index (χ1v) is 7.96. The molecule has 0 unspecified atom stereocenters. The summed E-state index contributed by atoms with van der Waals surface area (Å²) in [4.78, 5) is 12.5. The molecule has 3 nitrogen and oxygen atoms in total. The molecule has 0 aliphatic carbocycles. The fraction of sp³-hybridized carbons (Fsp3) is 0.188. The Kier molecular flexibility index (Phi) is 5.56. The van der Waals surface area contributed by atoms with Crippen molar-refractivity contribution in [2.45, 2.75) is 13.5 Å². The number of halogens is 2. The Bertz CT molecular complexity index is 671. The largest absolute Gasteiger partial charge is 0.380 e. The summed E-state index contributed by atoms with van der Waals surface area (Å²) in [6.45, 7) is 2.34. The highest BCUT2D eigenvalue weighted by atomic mass is 79.9. The predicted molar refractivity (Wildman–Crippen MR) is 91.7 cm³/mol. The zero-order valence-electron chi connectivity index (χ0n) is 11.7. The summed E-state index contributed by atoms with van der Waals surface area (Å²) in [5.74, 6) is -0.135. The van der Waals surface area contributed by atoms with E-state index in [1.807, 2.05) is 43.3 Å². The van der Waals surface area contributed by atoms with Gasteiger partial charge >= 0.3 is 0 Å². The zero-order valence-corrected chi connectivity index (χ0v) is 14.9. The number of methoxy groups -OCH3 is 1. The maximum absolute atomic E-state index is 12.5. The summed E-state index contributed by atoms with van der Waals surface area (Å²) < 4.78 is 7.02. The lowest BCUT2D eigenvalue weighted by atomic mass is 10.1. The van der Waals surface area contributed by atoms with E-state index in [2.05, 4.69) is 37.2 Å². The zero-order chi connectivity index (χ0) is 15.4. The second-order valence-electron chi connectivity index (χ2n) is 4.57. The molecule has 5 heteroatoms. The van der Waals surface area contributed by atoms with Crippen LogP contribution in [0.15, 0.2) is 45.3 Å². The minimum absolute atomic E-state index is 0.135. The summed E-state index contributed by atoms with van der Waals surface area (Å²) in [5.41, 5.74) is 3.22. The molecule has 0 aromatic heterocycles. The minimum Gasteiger partial charge on any atom is -0.380 e. The number of nitrogens with one attached hydrogen (secondary N) is 1. The van der Waals surface area contributed by atoms with Crippen LogP contribution in [0.1, 0.15) is 21.5 Å². The lowest BCUT2D eigenvalue weighted by Crippen LogP contribution is -2.15. The minimum atomic E-state index is -0.135. The van der Waals surface area contributed by atoms with Gasteiger partial charge in [-0.05, 0) is 36.8 Å². The van der Waals surface area contributed by atoms with Crippen molar-refractivity contribution in [3.8, 4) is 0 Å². The van der Waals surface area contributed by atoms with E-state index < -0.39 is 0 Å². The van der Waals surface area contributed by atoms with Crippen molar-refractivity contribution in [2.24, 2.45) is 0 Å². The number of carbonyl (C=O) groups excluding carboxylic acids is 1. The second kappa shape index (κ2) is 7.20. The first-order chi connectivity index (χ1) is 10.0. The van der Waals surface area contributed by atoms with Gasteiger partial charge in [0.2, 0.25) is 0 Å². The summed E-state index contributed by atoms with van der Waals surface area (Å²) >= 11 is 6.92. The lowest BCUT2D eigenvalue weighted by molar-refractivity contribution is 0.102. The Morgan fingerprint density at radius 2 is 1.81 bits per heavy atom. The normalized spacial score (nSPS) is 10.5. The van der Waals surface area contributed by atoms with E-state index in [9.17, 15) is 4.79 Å². The van der Waals surface area contributed by atoms with Gasteiger partial charge in [-0.1, -0.05) is 44.0 Å². The molecule has 0 fully saturated rings. The fourth-order valence-corrected chi connectivity index (χ4v) is 2.86. The summed E-state index contributed by atoms with van der Waals surface area (Å²) in [7, 11) is 1.63. The summed E-state index contributed by atoms with van der Waals surface area (Å²) in [6.07, 6.45) is 0. The van der Waals surface area contributed by atoms with Crippen LogP contribution in [-0.2, 0) is 11.3 Å². The van der Waals surface area contributed by atoms with Crippen LogP contribution in [-0.4, -0.2) is 13.0 Å². The molecule has 2 aromatic rings. The van der Waals surface area contributed by atoms with Gasteiger partial charge in [0.1, 0.15) is 0 Å². The van der Waals surface area contributed by atoms with Gasteiger partial charge in [0.25, 0.3) is 5.91 Å². The molecule has 0 spiro atoms. The maximum atomic E-state index is 12.5. The molecule has 0 aliphatic heterocycles. The van der Waals surface area contributed by atoms with Crippen molar-refractivity contribution in [2.75, 3.05) is 12.4 Å². The van der Waals surface area contributed by atoms with Crippen LogP contribution in [0.2, 0.25) is 0 Å². The standard InChI is InChI=1S/C16H15Br2NO2/c1-10-11(5-3-6-13(10)17)16(20)19-15-8-4-7-14(18)12(15)9-21-2/h3-8H,9H2,1-2H3,(H,19,20). The van der Waals surface area contributed by atoms with Crippen molar-refractivity contribution in [3.63, 3.8) is 0 Å². The molecule has 0 bridgehead atoms. The summed E-state index contributed by atoms with van der Waals surface area (Å²) in [6, 6.07) is 11.2. The van der Waals surface area contributed by atoms with Crippen LogP contribution in [0, 0.1) is 6.92 Å². The molecule has 2 aromatic carbocycles. The highest BCUT2D eigenvalue weighted by molar-refractivity contribution is 9.10. The predicted octanol–water partition coefficient (Wildman–Crippen LogP) is 4.92. The number of anilines is 1. The van der Waals surface area contributed by atoms with Crippen LogP contribution >= 0.6 is 31.9 Å². The van der Waals surface area contributed by atoms with Crippen molar-refractivity contribution < 1.29 is 9.53 Å². The first-order valence-electron chi connectivity index (χ1n) is 6.37. The Balaban J connectivity index is 2.32. The third-order valence-electron chi connectivity index (χ3n) is 3.17. The van der Waals surface area contributed by atoms with Gasteiger partial charge in [0, 0.05) is 32.9 Å². The average Bonchev–Trinajstić information content (AvgIpc) is 2.45. The van der Waals surface area contributed by atoms with Gasteiger partial charge in [0.15, 0.2) is 0 Å². The third-order valence-corrected chi connectivity index (χ3v) is 4.77. The van der Waals surface area contributed by atoms with E-state index in [0.29, 0.717) is 12.2 Å². The third kappa shape index (κ3) is 3.73. The Hall–Kier alpha value is -1.17. The molecule has 0 saturated carbocycles. The van der Waals surface area contributed by atoms with Gasteiger partial charge < -0.3 is 10.1 Å². The molecule has 0 saturated heterocycles. The second-order valence-corrected chi connectivity index (χ2v) is 6.27. The Labute approximate surface area is 141 Å². The molecule has 21 heavy (non-hydrogen) atoms. The van der Waals surface area contributed by atoms with Crippen LogP contribution in [0.3, 0.4) is 0 Å². The molecule has 0 radical (unpaired) electrons. The number of ether oxygens (including phenoxy) is 1. The van der Waals surface area contributed by atoms with Gasteiger partial charge in [-0.3, -0.25) is 4.79 Å². The fourth-order valence-electron chi connectivity index (χ4n) is 2.01. The van der Waals surface area contributed by atoms with Crippen LogP contribution < -0.4 is 5.32 Å². The monoisotopic (exact) mass is 411 g/mol. The molecule has 0 heterocycles. The molecular weight excluding hydrogens is 398 g/mol. The van der Waals surface area contributed by atoms with Crippen molar-refractivity contribution in [3.05, 3.63) is 62.0 Å². The molecule has 2 rings (SSSR count).